The third-order valence-corrected chi connectivity index (χ3v) is 4.02. The zero-order valence-electron chi connectivity index (χ0n) is 10.5. The molecule has 0 fully saturated rings. The zero-order valence-corrected chi connectivity index (χ0v) is 12.9. The number of ketones is 1. The van der Waals surface area contributed by atoms with Gasteiger partial charge in [-0.3, -0.25) is 9.69 Å². The standard InChI is InChI=1S/C12H17Cl2NO2S/c1-3-15(5-6-17-4-2)8-10(16)9-7-11(13)18-12(9)14/h7H,3-6,8H2,1-2H3. The molecule has 0 aliphatic heterocycles. The van der Waals surface area contributed by atoms with Crippen molar-refractivity contribution in [3.8, 4) is 0 Å². The average Bonchev–Trinajstić information content (AvgIpc) is 2.67. The second-order valence-electron chi connectivity index (χ2n) is 3.73. The number of hydrogen-bond donors (Lipinski definition) is 0. The largest absolute Gasteiger partial charge is 0.380 e. The molecule has 0 saturated carbocycles. The van der Waals surface area contributed by atoms with Crippen LogP contribution in [0.15, 0.2) is 6.07 Å². The van der Waals surface area contributed by atoms with Gasteiger partial charge in [-0.05, 0) is 19.5 Å². The van der Waals surface area contributed by atoms with Gasteiger partial charge in [-0.25, -0.2) is 0 Å². The molecule has 1 aromatic rings. The lowest BCUT2D eigenvalue weighted by molar-refractivity contribution is 0.0868. The number of carbonyl (C=O) groups excluding carboxylic acids is 1. The molecule has 1 aromatic heterocycles. The molecule has 0 unspecified atom stereocenters. The first-order valence-electron chi connectivity index (χ1n) is 5.86. The van der Waals surface area contributed by atoms with Crippen molar-refractivity contribution in [3.63, 3.8) is 0 Å². The molecule has 0 radical (unpaired) electrons. The predicted molar refractivity (Wildman–Crippen MR) is 77.3 cm³/mol. The van der Waals surface area contributed by atoms with E-state index >= 15 is 0 Å². The molecule has 0 amide bonds. The van der Waals surface area contributed by atoms with E-state index in [9.17, 15) is 4.79 Å². The molecule has 0 atom stereocenters. The van der Waals surface area contributed by atoms with Crippen LogP contribution in [0.2, 0.25) is 8.67 Å². The maximum atomic E-state index is 12.1. The van der Waals surface area contributed by atoms with Crippen LogP contribution in [0.1, 0.15) is 24.2 Å². The number of ether oxygens (including phenoxy) is 1. The SMILES string of the molecule is CCOCCN(CC)CC(=O)c1cc(Cl)sc1Cl. The van der Waals surface area contributed by atoms with Gasteiger partial charge < -0.3 is 4.74 Å². The summed E-state index contributed by atoms with van der Waals surface area (Å²) in [6, 6.07) is 1.63. The minimum absolute atomic E-state index is 0.00139. The molecule has 3 nitrogen and oxygen atoms in total. The van der Waals surface area contributed by atoms with E-state index in [0.717, 1.165) is 13.1 Å². The maximum absolute atomic E-state index is 12.1. The Labute approximate surface area is 122 Å². The summed E-state index contributed by atoms with van der Waals surface area (Å²) in [5.41, 5.74) is 0.515. The molecule has 0 aliphatic rings. The van der Waals surface area contributed by atoms with Crippen molar-refractivity contribution in [2.24, 2.45) is 0 Å². The van der Waals surface area contributed by atoms with Gasteiger partial charge in [0.05, 0.1) is 23.1 Å². The summed E-state index contributed by atoms with van der Waals surface area (Å²) in [7, 11) is 0. The van der Waals surface area contributed by atoms with Crippen molar-refractivity contribution < 1.29 is 9.53 Å². The van der Waals surface area contributed by atoms with Crippen molar-refractivity contribution in [1.29, 1.82) is 0 Å². The smallest absolute Gasteiger partial charge is 0.179 e. The number of thiophene rings is 1. The fraction of sp³-hybridized carbons (Fsp3) is 0.583. The zero-order chi connectivity index (χ0) is 13.5. The summed E-state index contributed by atoms with van der Waals surface area (Å²) in [5, 5.41) is 0. The third-order valence-electron chi connectivity index (χ3n) is 2.53. The molecule has 102 valence electrons. The van der Waals surface area contributed by atoms with Crippen molar-refractivity contribution in [3.05, 3.63) is 20.3 Å². The van der Waals surface area contributed by atoms with Crippen LogP contribution in [0.3, 0.4) is 0 Å². The normalized spacial score (nSPS) is 11.2. The molecule has 0 N–H and O–H groups in total. The lowest BCUT2D eigenvalue weighted by atomic mass is 10.2. The number of carbonyl (C=O) groups is 1. The monoisotopic (exact) mass is 309 g/mol. The Balaban J connectivity index is 2.54. The quantitative estimate of drug-likeness (QED) is 0.543. The van der Waals surface area contributed by atoms with Crippen LogP contribution >= 0.6 is 34.5 Å². The molecule has 18 heavy (non-hydrogen) atoms. The van der Waals surface area contributed by atoms with Gasteiger partial charge in [0.1, 0.15) is 4.34 Å². The highest BCUT2D eigenvalue weighted by atomic mass is 35.5. The van der Waals surface area contributed by atoms with Crippen molar-refractivity contribution in [2.45, 2.75) is 13.8 Å². The number of rotatable bonds is 8. The summed E-state index contributed by atoms with van der Waals surface area (Å²) < 4.78 is 6.29. The fourth-order valence-electron chi connectivity index (χ4n) is 1.51. The van der Waals surface area contributed by atoms with Gasteiger partial charge in [-0.15, -0.1) is 11.3 Å². The fourth-order valence-corrected chi connectivity index (χ4v) is 3.00. The highest BCUT2D eigenvalue weighted by Gasteiger charge is 2.16. The van der Waals surface area contributed by atoms with Gasteiger partial charge in [0, 0.05) is 13.2 Å². The molecule has 0 spiro atoms. The Kier molecular flexibility index (Phi) is 7.19. The van der Waals surface area contributed by atoms with Crippen LogP contribution in [0.4, 0.5) is 0 Å². The first-order valence-corrected chi connectivity index (χ1v) is 7.43. The Bertz CT molecular complexity index is 395. The van der Waals surface area contributed by atoms with E-state index in [1.165, 1.54) is 11.3 Å². The minimum atomic E-state index is 0.00139. The van der Waals surface area contributed by atoms with Gasteiger partial charge in [0.2, 0.25) is 0 Å². The van der Waals surface area contributed by atoms with Crippen LogP contribution in [0.5, 0.6) is 0 Å². The Morgan fingerprint density at radius 2 is 2.17 bits per heavy atom. The Hall–Kier alpha value is -0.130. The summed E-state index contributed by atoms with van der Waals surface area (Å²) >= 11 is 13.0. The van der Waals surface area contributed by atoms with Gasteiger partial charge >= 0.3 is 0 Å². The van der Waals surface area contributed by atoms with Crippen LogP contribution in [-0.4, -0.2) is 43.5 Å². The predicted octanol–water partition coefficient (Wildman–Crippen LogP) is 3.60. The van der Waals surface area contributed by atoms with Gasteiger partial charge in [0.15, 0.2) is 5.78 Å². The Morgan fingerprint density at radius 3 is 2.67 bits per heavy atom. The second kappa shape index (κ2) is 8.12. The summed E-state index contributed by atoms with van der Waals surface area (Å²) in [6.45, 7) is 7.18. The molecule has 0 aromatic carbocycles. The minimum Gasteiger partial charge on any atom is -0.380 e. The molecule has 0 aliphatic carbocycles. The maximum Gasteiger partial charge on any atom is 0.179 e. The number of nitrogens with zero attached hydrogens (tertiary/aromatic N) is 1. The van der Waals surface area contributed by atoms with Crippen LogP contribution in [-0.2, 0) is 4.74 Å². The van der Waals surface area contributed by atoms with Gasteiger partial charge in [0.25, 0.3) is 0 Å². The molecular formula is C12H17Cl2NO2S. The second-order valence-corrected chi connectivity index (χ2v) is 6.01. The summed E-state index contributed by atoms with van der Waals surface area (Å²) in [5.74, 6) is 0.00139. The van der Waals surface area contributed by atoms with Gasteiger partial charge in [-0.1, -0.05) is 30.1 Å². The number of likely N-dealkylation sites (N-methyl/N-ethyl adjacent to an activating group) is 1. The molecular weight excluding hydrogens is 293 g/mol. The van der Waals surface area contributed by atoms with E-state index in [4.69, 9.17) is 27.9 Å². The van der Waals surface area contributed by atoms with Crippen LogP contribution in [0.25, 0.3) is 0 Å². The first-order chi connectivity index (χ1) is 8.58. The van der Waals surface area contributed by atoms with Crippen molar-refractivity contribution >= 4 is 40.3 Å². The van der Waals surface area contributed by atoms with Crippen molar-refractivity contribution in [2.75, 3.05) is 32.8 Å². The van der Waals surface area contributed by atoms with E-state index in [1.807, 2.05) is 18.7 Å². The van der Waals surface area contributed by atoms with E-state index in [2.05, 4.69) is 0 Å². The van der Waals surface area contributed by atoms with E-state index in [0.29, 0.717) is 34.0 Å². The van der Waals surface area contributed by atoms with E-state index < -0.39 is 0 Å². The van der Waals surface area contributed by atoms with E-state index in [1.54, 1.807) is 6.07 Å². The van der Waals surface area contributed by atoms with Crippen LogP contribution in [0, 0.1) is 0 Å². The third kappa shape index (κ3) is 4.86. The molecule has 1 heterocycles. The number of Topliss-reactive ketones (excluding diaryl/α,β-unsaturated/α-hetero) is 1. The lowest BCUT2D eigenvalue weighted by Crippen LogP contribution is -2.32. The van der Waals surface area contributed by atoms with Gasteiger partial charge in [-0.2, -0.15) is 0 Å². The molecule has 0 saturated heterocycles. The first kappa shape index (κ1) is 15.9. The van der Waals surface area contributed by atoms with Crippen molar-refractivity contribution in [1.82, 2.24) is 4.90 Å². The number of hydrogen-bond acceptors (Lipinski definition) is 4. The average molecular weight is 310 g/mol. The summed E-state index contributed by atoms with van der Waals surface area (Å²) in [4.78, 5) is 14.1. The molecule has 1 rings (SSSR count). The lowest BCUT2D eigenvalue weighted by Gasteiger charge is -2.19. The Morgan fingerprint density at radius 1 is 1.44 bits per heavy atom. The highest BCUT2D eigenvalue weighted by Crippen LogP contribution is 2.31. The van der Waals surface area contributed by atoms with Crippen LogP contribution < -0.4 is 0 Å². The number of halogens is 2. The summed E-state index contributed by atoms with van der Waals surface area (Å²) in [6.07, 6.45) is 0. The molecule has 0 bridgehead atoms. The highest BCUT2D eigenvalue weighted by molar-refractivity contribution is 7.20. The van der Waals surface area contributed by atoms with E-state index in [-0.39, 0.29) is 5.78 Å². The topological polar surface area (TPSA) is 29.5 Å². The molecule has 6 heteroatoms.